The van der Waals surface area contributed by atoms with Crippen LogP contribution in [0.3, 0.4) is 0 Å². The van der Waals surface area contributed by atoms with Crippen LogP contribution < -0.4 is 5.32 Å². The number of hydrogen-bond donors (Lipinski definition) is 2. The van der Waals surface area contributed by atoms with E-state index in [2.05, 4.69) is 5.32 Å². The second kappa shape index (κ2) is 3.64. The van der Waals surface area contributed by atoms with E-state index >= 15 is 0 Å². The second-order valence-corrected chi connectivity index (χ2v) is 1.91. The first-order chi connectivity index (χ1) is 5.81. The molecular formula is C7H13NO. The molecule has 2 N–H and O–H groups in total. The summed E-state index contributed by atoms with van der Waals surface area (Å²) in [5.74, 6) is 0. The summed E-state index contributed by atoms with van der Waals surface area (Å²) in [4.78, 5) is 0. The SMILES string of the molecule is [2H]C1([2H])CC=CC[C@@H](C([2H])([2H])O)N1. The van der Waals surface area contributed by atoms with Gasteiger partial charge in [-0.3, -0.25) is 0 Å². The number of hydrogen-bond acceptors (Lipinski definition) is 2. The molecule has 1 atom stereocenters. The van der Waals surface area contributed by atoms with Crippen LogP contribution in [0.1, 0.15) is 18.3 Å². The van der Waals surface area contributed by atoms with Crippen LogP contribution >= 0.6 is 0 Å². The van der Waals surface area contributed by atoms with Gasteiger partial charge in [-0.2, -0.15) is 0 Å². The van der Waals surface area contributed by atoms with Crippen molar-refractivity contribution in [3.63, 3.8) is 0 Å². The summed E-state index contributed by atoms with van der Waals surface area (Å²) in [6, 6.07) is -0.888. The van der Waals surface area contributed by atoms with E-state index < -0.39 is 19.1 Å². The Morgan fingerprint density at radius 3 is 3.56 bits per heavy atom. The third-order valence-corrected chi connectivity index (χ3v) is 1.19. The van der Waals surface area contributed by atoms with E-state index in [4.69, 9.17) is 10.6 Å². The van der Waals surface area contributed by atoms with E-state index in [-0.39, 0.29) is 6.42 Å². The third kappa shape index (κ3) is 2.16. The van der Waals surface area contributed by atoms with Crippen molar-refractivity contribution in [1.29, 1.82) is 0 Å². The molecule has 0 saturated heterocycles. The van der Waals surface area contributed by atoms with Gasteiger partial charge in [0.2, 0.25) is 0 Å². The highest BCUT2D eigenvalue weighted by molar-refractivity contribution is 4.90. The summed E-state index contributed by atoms with van der Waals surface area (Å²) in [5.41, 5.74) is 0. The maximum Gasteiger partial charge on any atom is 0.0587 e. The van der Waals surface area contributed by atoms with Crippen LogP contribution in [0.5, 0.6) is 0 Å². The Hall–Kier alpha value is -0.340. The molecule has 9 heavy (non-hydrogen) atoms. The predicted molar refractivity (Wildman–Crippen MR) is 37.3 cm³/mol. The van der Waals surface area contributed by atoms with E-state index in [1.165, 1.54) is 0 Å². The van der Waals surface area contributed by atoms with E-state index in [0.29, 0.717) is 6.42 Å². The van der Waals surface area contributed by atoms with Gasteiger partial charge in [0.25, 0.3) is 0 Å². The quantitative estimate of drug-likeness (QED) is 0.501. The van der Waals surface area contributed by atoms with E-state index in [0.717, 1.165) is 0 Å². The van der Waals surface area contributed by atoms with Crippen molar-refractivity contribution in [3.8, 4) is 0 Å². The number of nitrogens with one attached hydrogen (secondary N) is 1. The molecular weight excluding hydrogens is 114 g/mol. The highest BCUT2D eigenvalue weighted by Crippen LogP contribution is 1.98. The Morgan fingerprint density at radius 2 is 2.78 bits per heavy atom. The standard InChI is InChI=1S/C7H13NO/c9-6-7-4-2-1-3-5-8-7/h1-2,7-9H,3-6H2/t7-/m0/s1/i5D2,6D2. The van der Waals surface area contributed by atoms with Crippen molar-refractivity contribution in [2.45, 2.75) is 18.9 Å². The Morgan fingerprint density at radius 1 is 1.89 bits per heavy atom. The van der Waals surface area contributed by atoms with Crippen LogP contribution in [0.25, 0.3) is 0 Å². The van der Waals surface area contributed by atoms with E-state index in [1.54, 1.807) is 12.2 Å². The summed E-state index contributed by atoms with van der Waals surface area (Å²) < 4.78 is 28.9. The molecule has 0 spiro atoms. The fourth-order valence-corrected chi connectivity index (χ4v) is 0.701. The molecule has 0 aromatic rings. The summed E-state index contributed by atoms with van der Waals surface area (Å²) in [5, 5.41) is 11.5. The maximum atomic E-state index is 9.07. The summed E-state index contributed by atoms with van der Waals surface area (Å²) in [6.07, 6.45) is 3.82. The van der Waals surface area contributed by atoms with Gasteiger partial charge in [0.05, 0.1) is 9.30 Å². The van der Waals surface area contributed by atoms with Crippen LogP contribution in [-0.2, 0) is 0 Å². The Balaban J connectivity index is 2.73. The van der Waals surface area contributed by atoms with Crippen LogP contribution in [-0.4, -0.2) is 24.2 Å². The summed E-state index contributed by atoms with van der Waals surface area (Å²) in [6.45, 7) is -4.03. The van der Waals surface area contributed by atoms with Crippen LogP contribution in [0.2, 0.25) is 0 Å². The molecule has 1 aliphatic rings. The first kappa shape index (κ1) is 3.17. The molecule has 0 fully saturated rings. The van der Waals surface area contributed by atoms with E-state index in [9.17, 15) is 0 Å². The lowest BCUT2D eigenvalue weighted by Gasteiger charge is -2.10. The Labute approximate surface area is 61.2 Å². The second-order valence-electron chi connectivity index (χ2n) is 1.91. The molecule has 1 rings (SSSR count). The minimum Gasteiger partial charge on any atom is -0.395 e. The molecule has 1 aliphatic heterocycles. The topological polar surface area (TPSA) is 32.3 Å². The van der Waals surface area contributed by atoms with Gasteiger partial charge in [0.15, 0.2) is 0 Å². The first-order valence-electron chi connectivity index (χ1n) is 4.96. The van der Waals surface area contributed by atoms with Gasteiger partial charge >= 0.3 is 0 Å². The molecule has 0 radical (unpaired) electrons. The molecule has 52 valence electrons. The minimum atomic E-state index is -2.39. The predicted octanol–water partition coefficient (Wildman–Crippen LogP) is 0.287. The zero-order valence-electron chi connectivity index (χ0n) is 9.09. The molecule has 0 bridgehead atoms. The van der Waals surface area contributed by atoms with Crippen molar-refractivity contribution in [2.75, 3.05) is 13.1 Å². The lowest BCUT2D eigenvalue weighted by Crippen LogP contribution is -2.31. The maximum absolute atomic E-state index is 9.07. The summed E-state index contributed by atoms with van der Waals surface area (Å²) >= 11 is 0. The van der Waals surface area contributed by atoms with Crippen molar-refractivity contribution in [2.24, 2.45) is 0 Å². The smallest absolute Gasteiger partial charge is 0.0587 e. The fraction of sp³-hybridized carbons (Fsp3) is 0.714. The lowest BCUT2D eigenvalue weighted by molar-refractivity contribution is 0.245. The van der Waals surface area contributed by atoms with Gasteiger partial charge in [-0.25, -0.2) is 0 Å². The van der Waals surface area contributed by atoms with Crippen molar-refractivity contribution < 1.29 is 10.6 Å². The van der Waals surface area contributed by atoms with Gasteiger partial charge in [-0.15, -0.1) is 0 Å². The molecule has 2 nitrogen and oxygen atoms in total. The van der Waals surface area contributed by atoms with Crippen molar-refractivity contribution in [1.82, 2.24) is 5.32 Å². The summed E-state index contributed by atoms with van der Waals surface area (Å²) in [7, 11) is 0. The fourth-order valence-electron chi connectivity index (χ4n) is 0.701. The largest absolute Gasteiger partial charge is 0.395 e. The zero-order chi connectivity index (χ0) is 10.1. The van der Waals surface area contributed by atoms with Gasteiger partial charge in [-0.1, -0.05) is 12.2 Å². The zero-order valence-corrected chi connectivity index (χ0v) is 5.09. The first-order valence-corrected chi connectivity index (χ1v) is 2.96. The van der Waals surface area contributed by atoms with Crippen LogP contribution in [0.4, 0.5) is 0 Å². The average Bonchev–Trinajstić information content (AvgIpc) is 2.08. The molecule has 1 heterocycles. The van der Waals surface area contributed by atoms with Crippen LogP contribution in [0.15, 0.2) is 12.2 Å². The molecule has 0 amide bonds. The monoisotopic (exact) mass is 131 g/mol. The molecule has 0 saturated carbocycles. The molecule has 0 aromatic carbocycles. The molecule has 2 heteroatoms. The third-order valence-electron chi connectivity index (χ3n) is 1.19. The number of rotatable bonds is 1. The average molecular weight is 131 g/mol. The van der Waals surface area contributed by atoms with Gasteiger partial charge < -0.3 is 10.4 Å². The number of aliphatic hydroxyl groups is 1. The van der Waals surface area contributed by atoms with Crippen molar-refractivity contribution >= 4 is 0 Å². The normalized spacial score (nSPS) is 41.7. The highest BCUT2D eigenvalue weighted by atomic mass is 16.3. The Kier molecular flexibility index (Phi) is 1.28. The lowest BCUT2D eigenvalue weighted by atomic mass is 10.2. The molecule has 0 aromatic heterocycles. The van der Waals surface area contributed by atoms with Crippen molar-refractivity contribution in [3.05, 3.63) is 12.2 Å². The van der Waals surface area contributed by atoms with Crippen LogP contribution in [0, 0.1) is 0 Å². The van der Waals surface area contributed by atoms with Gasteiger partial charge in [0, 0.05) is 8.78 Å². The highest BCUT2D eigenvalue weighted by Gasteiger charge is 2.04. The minimum absolute atomic E-state index is 0.194. The molecule has 0 unspecified atom stereocenters. The van der Waals surface area contributed by atoms with E-state index in [1.807, 2.05) is 0 Å². The van der Waals surface area contributed by atoms with Gasteiger partial charge in [0.1, 0.15) is 0 Å². The van der Waals surface area contributed by atoms with Gasteiger partial charge in [-0.05, 0) is 19.3 Å². The Bertz CT molecular complexity index is 211. The molecule has 0 aliphatic carbocycles.